The van der Waals surface area contributed by atoms with Gasteiger partial charge in [-0.3, -0.25) is 4.79 Å². The number of alkyl carbamates (subject to hydrolysis) is 1. The Kier molecular flexibility index (Phi) is 7.40. The molecule has 2 unspecified atom stereocenters. The second-order valence-corrected chi connectivity index (χ2v) is 5.15. The van der Waals surface area contributed by atoms with Crippen molar-refractivity contribution in [1.82, 2.24) is 5.32 Å². The highest BCUT2D eigenvalue weighted by Gasteiger charge is 2.26. The number of rotatable bonds is 6. The molecular formula is C12H24N2O5. The maximum Gasteiger partial charge on any atom is 0.407 e. The molecule has 19 heavy (non-hydrogen) atoms. The number of methoxy groups -OCH3 is 1. The Morgan fingerprint density at radius 2 is 1.95 bits per heavy atom. The zero-order valence-corrected chi connectivity index (χ0v) is 11.9. The molecule has 2 atom stereocenters. The Bertz CT molecular complexity index is 301. The lowest BCUT2D eigenvalue weighted by Gasteiger charge is -2.21. The molecule has 0 aliphatic heterocycles. The third kappa shape index (κ3) is 7.63. The van der Waals surface area contributed by atoms with Gasteiger partial charge in [0.05, 0.1) is 19.1 Å². The van der Waals surface area contributed by atoms with E-state index in [0.717, 1.165) is 0 Å². The third-order valence-corrected chi connectivity index (χ3v) is 2.33. The fourth-order valence-corrected chi connectivity index (χ4v) is 1.43. The van der Waals surface area contributed by atoms with E-state index >= 15 is 0 Å². The zero-order chi connectivity index (χ0) is 15.1. The number of esters is 1. The molecule has 0 saturated carbocycles. The fourth-order valence-electron chi connectivity index (χ4n) is 1.43. The number of aliphatic hydroxyl groups excluding tert-OH is 1. The first-order valence-corrected chi connectivity index (χ1v) is 6.14. The summed E-state index contributed by atoms with van der Waals surface area (Å²) in [7, 11) is 1.24. The Morgan fingerprint density at radius 3 is 2.37 bits per heavy atom. The molecule has 0 heterocycles. The van der Waals surface area contributed by atoms with Crippen molar-refractivity contribution < 1.29 is 24.2 Å². The predicted octanol–water partition coefficient (Wildman–Crippen LogP) is 0.0100. The monoisotopic (exact) mass is 276 g/mol. The van der Waals surface area contributed by atoms with Gasteiger partial charge in [0.25, 0.3) is 0 Å². The van der Waals surface area contributed by atoms with E-state index in [1.165, 1.54) is 7.11 Å². The summed E-state index contributed by atoms with van der Waals surface area (Å²) >= 11 is 0. The highest BCUT2D eigenvalue weighted by atomic mass is 16.6. The quantitative estimate of drug-likeness (QED) is 0.589. The van der Waals surface area contributed by atoms with Crippen LogP contribution in [0.3, 0.4) is 0 Å². The van der Waals surface area contributed by atoms with Crippen molar-refractivity contribution >= 4 is 12.1 Å². The van der Waals surface area contributed by atoms with Gasteiger partial charge in [-0.2, -0.15) is 0 Å². The number of aliphatic hydroxyl groups is 1. The van der Waals surface area contributed by atoms with Crippen LogP contribution in [0.15, 0.2) is 0 Å². The van der Waals surface area contributed by atoms with Gasteiger partial charge in [0.1, 0.15) is 5.60 Å². The molecule has 0 aromatic heterocycles. The van der Waals surface area contributed by atoms with Crippen LogP contribution in [0, 0.1) is 5.92 Å². The van der Waals surface area contributed by atoms with Crippen molar-refractivity contribution in [2.75, 3.05) is 20.2 Å². The highest BCUT2D eigenvalue weighted by molar-refractivity contribution is 5.73. The molecule has 0 aliphatic carbocycles. The van der Waals surface area contributed by atoms with Crippen LogP contribution in [-0.4, -0.2) is 49.1 Å². The van der Waals surface area contributed by atoms with E-state index < -0.39 is 29.7 Å². The summed E-state index contributed by atoms with van der Waals surface area (Å²) in [5.41, 5.74) is 4.73. The van der Waals surface area contributed by atoms with Crippen LogP contribution in [0.5, 0.6) is 0 Å². The smallest absolute Gasteiger partial charge is 0.407 e. The molecule has 0 spiro atoms. The molecule has 4 N–H and O–H groups in total. The summed E-state index contributed by atoms with van der Waals surface area (Å²) in [5, 5.41) is 12.1. The number of hydrogen-bond acceptors (Lipinski definition) is 6. The van der Waals surface area contributed by atoms with E-state index in [9.17, 15) is 14.7 Å². The predicted molar refractivity (Wildman–Crippen MR) is 69.4 cm³/mol. The maximum atomic E-state index is 11.4. The van der Waals surface area contributed by atoms with Gasteiger partial charge >= 0.3 is 12.1 Å². The summed E-state index contributed by atoms with van der Waals surface area (Å²) in [6.07, 6.45) is -1.34. The van der Waals surface area contributed by atoms with Gasteiger partial charge in [-0.15, -0.1) is 0 Å². The third-order valence-electron chi connectivity index (χ3n) is 2.33. The lowest BCUT2D eigenvalue weighted by Crippen LogP contribution is -2.39. The number of amides is 1. The van der Waals surface area contributed by atoms with E-state index in [1.807, 2.05) is 0 Å². The van der Waals surface area contributed by atoms with Crippen LogP contribution in [0.1, 0.15) is 27.2 Å². The van der Waals surface area contributed by atoms with Crippen LogP contribution in [0.2, 0.25) is 0 Å². The molecular weight excluding hydrogens is 252 g/mol. The minimum Gasteiger partial charge on any atom is -0.469 e. The molecule has 0 bridgehead atoms. The lowest BCUT2D eigenvalue weighted by molar-refractivity contribution is -0.149. The van der Waals surface area contributed by atoms with E-state index in [1.54, 1.807) is 20.8 Å². The molecule has 1 amide bonds. The summed E-state index contributed by atoms with van der Waals surface area (Å²) in [6.45, 7) is 5.39. The minimum absolute atomic E-state index is 0.0494. The average molecular weight is 276 g/mol. The molecule has 0 aromatic rings. The van der Waals surface area contributed by atoms with Crippen LogP contribution < -0.4 is 11.1 Å². The minimum atomic E-state index is -0.993. The van der Waals surface area contributed by atoms with Gasteiger partial charge in [0.15, 0.2) is 0 Å². The molecule has 112 valence electrons. The maximum absolute atomic E-state index is 11.4. The number of nitrogens with two attached hydrogens (primary N) is 1. The van der Waals surface area contributed by atoms with Crippen molar-refractivity contribution in [3.63, 3.8) is 0 Å². The number of nitrogens with one attached hydrogen (secondary N) is 1. The first-order valence-electron chi connectivity index (χ1n) is 6.14. The van der Waals surface area contributed by atoms with E-state index in [4.69, 9.17) is 10.5 Å². The van der Waals surface area contributed by atoms with Gasteiger partial charge < -0.3 is 25.6 Å². The highest BCUT2D eigenvalue weighted by Crippen LogP contribution is 2.11. The Balaban J connectivity index is 4.20. The van der Waals surface area contributed by atoms with Gasteiger partial charge in [0.2, 0.25) is 0 Å². The van der Waals surface area contributed by atoms with E-state index in [0.29, 0.717) is 0 Å². The summed E-state index contributed by atoms with van der Waals surface area (Å²) < 4.78 is 9.61. The van der Waals surface area contributed by atoms with Gasteiger partial charge in [-0.1, -0.05) is 0 Å². The largest absolute Gasteiger partial charge is 0.469 e. The molecule has 0 aromatic carbocycles. The number of ether oxygens (including phenoxy) is 2. The van der Waals surface area contributed by atoms with Gasteiger partial charge in [0, 0.05) is 13.1 Å². The zero-order valence-electron chi connectivity index (χ0n) is 11.9. The normalized spacial score (nSPS) is 14.4. The molecule has 0 radical (unpaired) electrons. The molecule has 0 saturated heterocycles. The van der Waals surface area contributed by atoms with Crippen molar-refractivity contribution in [3.8, 4) is 0 Å². The summed E-state index contributed by atoms with van der Waals surface area (Å²) in [4.78, 5) is 22.8. The number of carbonyl (C=O) groups excluding carboxylic acids is 2. The van der Waals surface area contributed by atoms with Crippen molar-refractivity contribution in [3.05, 3.63) is 0 Å². The van der Waals surface area contributed by atoms with Crippen LogP contribution in [-0.2, 0) is 14.3 Å². The Morgan fingerprint density at radius 1 is 1.37 bits per heavy atom. The Hall–Kier alpha value is -1.34. The molecule has 0 fully saturated rings. The summed E-state index contributed by atoms with van der Waals surface area (Å²) in [5.74, 6) is -1.31. The van der Waals surface area contributed by atoms with E-state index in [2.05, 4.69) is 10.1 Å². The Labute approximate surface area is 113 Å². The second-order valence-electron chi connectivity index (χ2n) is 5.15. The molecule has 7 nitrogen and oxygen atoms in total. The molecule has 0 rings (SSSR count). The average Bonchev–Trinajstić information content (AvgIpc) is 2.30. The van der Waals surface area contributed by atoms with E-state index in [-0.39, 0.29) is 19.5 Å². The molecule has 7 heteroatoms. The SMILES string of the molecule is COC(=O)C(CCNC(=O)OC(C)(C)C)C(O)CN. The first-order chi connectivity index (χ1) is 8.71. The number of hydrogen-bond donors (Lipinski definition) is 3. The standard InChI is InChI=1S/C12H24N2O5/c1-12(2,3)19-11(17)14-6-5-8(9(15)7-13)10(16)18-4/h8-9,15H,5-7,13H2,1-4H3,(H,14,17). The van der Waals surface area contributed by atoms with Crippen molar-refractivity contribution in [2.24, 2.45) is 11.7 Å². The summed E-state index contributed by atoms with van der Waals surface area (Å²) in [6, 6.07) is 0. The van der Waals surface area contributed by atoms with Crippen molar-refractivity contribution in [1.29, 1.82) is 0 Å². The van der Waals surface area contributed by atoms with Crippen LogP contribution >= 0.6 is 0 Å². The van der Waals surface area contributed by atoms with Crippen LogP contribution in [0.4, 0.5) is 4.79 Å². The van der Waals surface area contributed by atoms with Crippen LogP contribution in [0.25, 0.3) is 0 Å². The fraction of sp³-hybridized carbons (Fsp3) is 0.833. The second kappa shape index (κ2) is 7.96. The number of carbonyl (C=O) groups is 2. The molecule has 0 aliphatic rings. The van der Waals surface area contributed by atoms with Crippen molar-refractivity contribution in [2.45, 2.75) is 38.9 Å². The first kappa shape index (κ1) is 17.7. The van der Waals surface area contributed by atoms with Gasteiger partial charge in [-0.25, -0.2) is 4.79 Å². The van der Waals surface area contributed by atoms with Gasteiger partial charge in [-0.05, 0) is 27.2 Å². The lowest BCUT2D eigenvalue weighted by atomic mass is 9.99. The topological polar surface area (TPSA) is 111 Å².